The van der Waals surface area contributed by atoms with Crippen LogP contribution >= 0.6 is 0 Å². The molecule has 0 fully saturated rings. The van der Waals surface area contributed by atoms with Gasteiger partial charge in [-0.25, -0.2) is 19.0 Å². The summed E-state index contributed by atoms with van der Waals surface area (Å²) in [7, 11) is 0. The molecule has 66 heavy (non-hydrogen) atoms. The molecule has 2 atom stereocenters. The van der Waals surface area contributed by atoms with Gasteiger partial charge in [0, 0.05) is 11.4 Å². The van der Waals surface area contributed by atoms with Crippen molar-refractivity contribution in [2.75, 3.05) is 0 Å². The van der Waals surface area contributed by atoms with Crippen molar-refractivity contribution in [2.45, 2.75) is 39.5 Å². The molecule has 10 rings (SSSR count). The Morgan fingerprint density at radius 1 is 0.424 bits per heavy atom. The maximum absolute atomic E-state index is 13.6. The number of H-pyrrole nitrogens is 2. The third kappa shape index (κ3) is 7.74. The molecule has 0 aliphatic carbocycles. The second-order valence-electron chi connectivity index (χ2n) is 16.2. The third-order valence-electron chi connectivity index (χ3n) is 11.9. The molecular formula is C54H44N4O8. The van der Waals surface area contributed by atoms with Crippen molar-refractivity contribution in [1.82, 2.24) is 19.6 Å². The zero-order valence-corrected chi connectivity index (χ0v) is 36.4. The molecule has 0 amide bonds. The van der Waals surface area contributed by atoms with Crippen LogP contribution in [-0.4, -0.2) is 29.8 Å². The molecular weight excluding hydrogens is 833 g/mol. The van der Waals surface area contributed by atoms with Crippen molar-refractivity contribution in [3.05, 3.63) is 255 Å². The fraction of sp³-hybridized carbons (Fsp3) is 0.111. The molecule has 0 saturated heterocycles. The molecule has 0 saturated carbocycles. The molecule has 6 aromatic carbocycles. The van der Waals surface area contributed by atoms with Gasteiger partial charge in [-0.1, -0.05) is 120 Å². The van der Waals surface area contributed by atoms with Crippen LogP contribution in [-0.2, 0) is 0 Å². The number of nitrogens with one attached hydrogen (secondary N) is 2. The van der Waals surface area contributed by atoms with E-state index < -0.39 is 23.1 Å². The molecule has 0 aliphatic heterocycles. The number of hydrogen-bond donors (Lipinski definition) is 4. The van der Waals surface area contributed by atoms with E-state index in [2.05, 4.69) is 10.2 Å². The summed E-state index contributed by atoms with van der Waals surface area (Å²) >= 11 is 0. The van der Waals surface area contributed by atoms with Gasteiger partial charge in [0.15, 0.2) is 0 Å². The Morgan fingerprint density at radius 2 is 0.758 bits per heavy atom. The van der Waals surface area contributed by atoms with Crippen molar-refractivity contribution in [3.8, 4) is 22.9 Å². The van der Waals surface area contributed by atoms with Crippen LogP contribution in [0.2, 0.25) is 0 Å². The molecule has 12 heteroatoms. The van der Waals surface area contributed by atoms with E-state index in [-0.39, 0.29) is 33.7 Å². The van der Waals surface area contributed by atoms with Gasteiger partial charge >= 0.3 is 11.3 Å². The van der Waals surface area contributed by atoms with E-state index in [1.165, 1.54) is 9.36 Å². The first kappa shape index (κ1) is 42.7. The van der Waals surface area contributed by atoms with Gasteiger partial charge in [-0.2, -0.15) is 0 Å². The second-order valence-corrected chi connectivity index (χ2v) is 16.2. The third-order valence-corrected chi connectivity index (χ3v) is 11.9. The van der Waals surface area contributed by atoms with Crippen LogP contribution < -0.4 is 22.4 Å². The largest absolute Gasteiger partial charge is 0.507 e. The van der Waals surface area contributed by atoms with Crippen LogP contribution in [0.1, 0.15) is 67.7 Å². The molecule has 10 aromatic rings. The minimum absolute atomic E-state index is 0.0389. The average Bonchev–Trinajstić information content (AvgIpc) is 3.79. The number of benzene rings is 6. The number of nitrogens with zero attached hydrogens (tertiary/aromatic N) is 2. The van der Waals surface area contributed by atoms with Crippen LogP contribution in [0.5, 0.6) is 11.5 Å². The Labute approximate surface area is 376 Å². The summed E-state index contributed by atoms with van der Waals surface area (Å²) in [6, 6.07) is 47.2. The summed E-state index contributed by atoms with van der Waals surface area (Å²) in [5, 5.41) is 29.5. The van der Waals surface area contributed by atoms with E-state index in [1.54, 1.807) is 62.4 Å². The first-order chi connectivity index (χ1) is 31.9. The molecule has 0 radical (unpaired) electrons. The van der Waals surface area contributed by atoms with Crippen molar-refractivity contribution in [3.63, 3.8) is 0 Å². The molecule has 0 aliphatic rings. The Kier molecular flexibility index (Phi) is 11.3. The summed E-state index contributed by atoms with van der Waals surface area (Å²) in [5.74, 6) is -2.00. The minimum atomic E-state index is -0.819. The highest BCUT2D eigenvalue weighted by molar-refractivity contribution is 5.85. The monoisotopic (exact) mass is 876 g/mol. The lowest BCUT2D eigenvalue weighted by Gasteiger charge is -2.18. The normalized spacial score (nSPS) is 12.2. The highest BCUT2D eigenvalue weighted by Crippen LogP contribution is 2.40. The summed E-state index contributed by atoms with van der Waals surface area (Å²) in [6.45, 7) is 7.50. The second kappa shape index (κ2) is 17.5. The van der Waals surface area contributed by atoms with Crippen LogP contribution in [0.3, 0.4) is 0 Å². The molecule has 0 spiro atoms. The smallest absolute Gasteiger partial charge is 0.344 e. The van der Waals surface area contributed by atoms with Crippen molar-refractivity contribution in [2.24, 2.45) is 0 Å². The Hall–Kier alpha value is -8.64. The van der Waals surface area contributed by atoms with Gasteiger partial charge in [0.05, 0.1) is 56.2 Å². The summed E-state index contributed by atoms with van der Waals surface area (Å²) < 4.78 is 14.0. The first-order valence-electron chi connectivity index (χ1n) is 21.3. The number of para-hydroxylation sites is 4. The molecule has 4 N–H and O–H groups in total. The Morgan fingerprint density at radius 3 is 1.12 bits per heavy atom. The van der Waals surface area contributed by atoms with E-state index in [1.807, 2.05) is 123 Å². The van der Waals surface area contributed by atoms with E-state index >= 15 is 0 Å². The van der Waals surface area contributed by atoms with E-state index in [9.17, 15) is 29.4 Å². The number of rotatable bonds is 8. The first-order valence-corrected chi connectivity index (χ1v) is 21.3. The van der Waals surface area contributed by atoms with Crippen LogP contribution in [0.15, 0.2) is 186 Å². The molecule has 0 unspecified atom stereocenters. The average molecular weight is 877 g/mol. The zero-order valence-electron chi connectivity index (χ0n) is 36.4. The molecule has 328 valence electrons. The van der Waals surface area contributed by atoms with Crippen LogP contribution in [0, 0.1) is 27.7 Å². The van der Waals surface area contributed by atoms with Gasteiger partial charge in [0.2, 0.25) is 0 Å². The van der Waals surface area contributed by atoms with Gasteiger partial charge in [-0.15, -0.1) is 0 Å². The molecule has 4 aromatic heterocycles. The van der Waals surface area contributed by atoms with Gasteiger partial charge in [-0.3, -0.25) is 19.8 Å². The molecule has 0 bridgehead atoms. The topological polar surface area (TPSA) is 176 Å². The van der Waals surface area contributed by atoms with Crippen LogP contribution in [0.4, 0.5) is 0 Å². The number of hydrogen-bond acceptors (Lipinski definition) is 8. The van der Waals surface area contributed by atoms with Crippen molar-refractivity contribution >= 4 is 21.9 Å². The lowest BCUT2D eigenvalue weighted by molar-refractivity contribution is 0.454. The highest BCUT2D eigenvalue weighted by Gasteiger charge is 2.33. The predicted octanol–water partition coefficient (Wildman–Crippen LogP) is 9.55. The van der Waals surface area contributed by atoms with Gasteiger partial charge in [-0.05, 0) is 87.4 Å². The minimum Gasteiger partial charge on any atom is -0.507 e. The van der Waals surface area contributed by atoms with Crippen molar-refractivity contribution in [1.29, 1.82) is 0 Å². The lowest BCUT2D eigenvalue weighted by atomic mass is 9.84. The predicted molar refractivity (Wildman–Crippen MR) is 255 cm³/mol. The van der Waals surface area contributed by atoms with E-state index in [0.717, 1.165) is 11.1 Å². The van der Waals surface area contributed by atoms with Crippen molar-refractivity contribution < 1.29 is 19.0 Å². The Bertz CT molecular complexity index is 3390. The number of fused-ring (bicyclic) bond motifs is 2. The summed E-state index contributed by atoms with van der Waals surface area (Å²) in [6.07, 6.45) is 0. The standard InChI is InChI=1S/2C27H22N2O4/c2*1-16-12-14-18(15-13-16)23(24-25(30)20-10-6-7-11-21(20)33-27(24)32)22-17(2)28-29(26(22)31)19-8-4-3-5-9-19/h2*3-15,23,28,30H,1-2H3/t2*23-/m10/s1. The van der Waals surface area contributed by atoms with E-state index in [0.29, 0.717) is 67.0 Å². The summed E-state index contributed by atoms with van der Waals surface area (Å²) in [4.78, 5) is 53.6. The SMILES string of the molecule is Cc1ccc([C@@H](c2c(O)c3ccccc3oc2=O)c2c(C)[nH]n(-c3ccccc3)c2=O)cc1.Cc1ccc([C@H](c2c(O)c3ccccc3oc2=O)c2c(C)[nH]n(-c3ccccc3)c2=O)cc1. The highest BCUT2D eigenvalue weighted by atomic mass is 16.4. The van der Waals surface area contributed by atoms with E-state index in [4.69, 9.17) is 8.83 Å². The molecule has 4 heterocycles. The van der Waals surface area contributed by atoms with Gasteiger partial charge in [0.1, 0.15) is 22.7 Å². The number of aromatic amines is 2. The fourth-order valence-electron chi connectivity index (χ4n) is 8.59. The number of aromatic nitrogens is 4. The Balaban J connectivity index is 0.000000166. The lowest BCUT2D eigenvalue weighted by Crippen LogP contribution is -2.23. The molecule has 12 nitrogen and oxygen atoms in total. The van der Waals surface area contributed by atoms with Gasteiger partial charge in [0.25, 0.3) is 11.1 Å². The number of aromatic hydroxyl groups is 2. The number of aryl methyl sites for hydroxylation is 4. The summed E-state index contributed by atoms with van der Waals surface area (Å²) in [5.41, 5.74) is 5.51. The van der Waals surface area contributed by atoms with Crippen LogP contribution in [0.25, 0.3) is 33.3 Å². The zero-order chi connectivity index (χ0) is 46.2. The quantitative estimate of drug-likeness (QED) is 0.109. The maximum atomic E-state index is 13.6. The van der Waals surface area contributed by atoms with Gasteiger partial charge < -0.3 is 19.0 Å². The maximum Gasteiger partial charge on any atom is 0.344 e. The fourth-order valence-corrected chi connectivity index (χ4v) is 8.59.